The van der Waals surface area contributed by atoms with Gasteiger partial charge >= 0.3 is 0 Å². The van der Waals surface area contributed by atoms with Crippen molar-refractivity contribution in [2.75, 3.05) is 30.5 Å². The van der Waals surface area contributed by atoms with Crippen molar-refractivity contribution in [1.82, 2.24) is 4.90 Å². The third kappa shape index (κ3) is 4.40. The van der Waals surface area contributed by atoms with Gasteiger partial charge in [0.2, 0.25) is 5.91 Å². The normalized spacial score (nSPS) is 17.3. The van der Waals surface area contributed by atoms with E-state index >= 15 is 0 Å². The van der Waals surface area contributed by atoms with Gasteiger partial charge in [0.1, 0.15) is 5.58 Å². The quantitative estimate of drug-likeness (QED) is 0.412. The van der Waals surface area contributed by atoms with Gasteiger partial charge in [-0.3, -0.25) is 4.79 Å². The fourth-order valence-corrected chi connectivity index (χ4v) is 6.54. The van der Waals surface area contributed by atoms with Gasteiger partial charge in [-0.05, 0) is 41.0 Å². The van der Waals surface area contributed by atoms with Gasteiger partial charge in [0.25, 0.3) is 0 Å². The van der Waals surface area contributed by atoms with Crippen molar-refractivity contribution in [2.45, 2.75) is 25.4 Å². The minimum absolute atomic E-state index is 0.0174. The molecule has 0 N–H and O–H groups in total. The molecule has 0 spiro atoms. The maximum atomic E-state index is 13.6. The van der Waals surface area contributed by atoms with E-state index in [9.17, 15) is 13.2 Å². The SMILES string of the molecule is CN(C)c1ccc(CN(C(=O)Cc2coc3ccc4ccccc4c23)C2CCS(=O)(=O)C2)cc1. The molecule has 7 heteroatoms. The maximum Gasteiger partial charge on any atom is 0.227 e. The van der Waals surface area contributed by atoms with E-state index in [1.54, 1.807) is 11.2 Å². The Hall–Kier alpha value is -3.32. The Bertz CT molecular complexity index is 1460. The molecule has 4 aromatic rings. The average molecular weight is 477 g/mol. The summed E-state index contributed by atoms with van der Waals surface area (Å²) in [5.74, 6) is 0.0542. The predicted molar refractivity (Wildman–Crippen MR) is 136 cm³/mol. The summed E-state index contributed by atoms with van der Waals surface area (Å²) in [4.78, 5) is 17.4. The first kappa shape index (κ1) is 22.5. The zero-order valence-corrected chi connectivity index (χ0v) is 20.2. The lowest BCUT2D eigenvalue weighted by molar-refractivity contribution is -0.133. The lowest BCUT2D eigenvalue weighted by atomic mass is 10.0. The Balaban J connectivity index is 1.46. The molecule has 34 heavy (non-hydrogen) atoms. The lowest BCUT2D eigenvalue weighted by Gasteiger charge is -2.29. The number of anilines is 1. The highest BCUT2D eigenvalue weighted by atomic mass is 32.2. The van der Waals surface area contributed by atoms with Crippen LogP contribution < -0.4 is 4.90 Å². The summed E-state index contributed by atoms with van der Waals surface area (Å²) in [6.45, 7) is 0.378. The second-order valence-electron chi connectivity index (χ2n) is 9.24. The minimum atomic E-state index is -3.13. The molecule has 176 valence electrons. The van der Waals surface area contributed by atoms with Crippen LogP contribution in [0.3, 0.4) is 0 Å². The van der Waals surface area contributed by atoms with Gasteiger partial charge in [-0.1, -0.05) is 42.5 Å². The van der Waals surface area contributed by atoms with E-state index in [4.69, 9.17) is 4.42 Å². The largest absolute Gasteiger partial charge is 0.464 e. The molecule has 1 aliphatic rings. The van der Waals surface area contributed by atoms with Crippen LogP contribution in [0.25, 0.3) is 21.7 Å². The van der Waals surface area contributed by atoms with Gasteiger partial charge in [-0.2, -0.15) is 0 Å². The summed E-state index contributed by atoms with van der Waals surface area (Å²) in [5.41, 5.74) is 3.62. The monoisotopic (exact) mass is 476 g/mol. The number of hydrogen-bond donors (Lipinski definition) is 0. The van der Waals surface area contributed by atoms with Crippen LogP contribution in [-0.2, 0) is 27.6 Å². The summed E-state index contributed by atoms with van der Waals surface area (Å²) in [7, 11) is 0.830. The van der Waals surface area contributed by atoms with Crippen LogP contribution in [0.5, 0.6) is 0 Å². The number of sulfone groups is 1. The maximum absolute atomic E-state index is 13.6. The number of benzene rings is 3. The summed E-state index contributed by atoms with van der Waals surface area (Å²) < 4.78 is 30.2. The van der Waals surface area contributed by atoms with Crippen molar-refractivity contribution in [2.24, 2.45) is 0 Å². The predicted octanol–water partition coefficient (Wildman–Crippen LogP) is 4.41. The summed E-state index contributed by atoms with van der Waals surface area (Å²) in [6.07, 6.45) is 2.29. The summed E-state index contributed by atoms with van der Waals surface area (Å²) in [6, 6.07) is 19.7. The first-order valence-corrected chi connectivity index (χ1v) is 13.3. The molecule has 1 atom stereocenters. The molecule has 1 fully saturated rings. The van der Waals surface area contributed by atoms with E-state index in [-0.39, 0.29) is 29.9 Å². The number of carbonyl (C=O) groups excluding carboxylic acids is 1. The Morgan fingerprint density at radius 3 is 2.50 bits per heavy atom. The molecule has 0 aliphatic carbocycles. The van der Waals surface area contributed by atoms with Gasteiger partial charge in [-0.25, -0.2) is 8.42 Å². The third-order valence-electron chi connectivity index (χ3n) is 6.66. The average Bonchev–Trinajstić information content (AvgIpc) is 3.40. The van der Waals surface area contributed by atoms with Crippen LogP contribution in [0.15, 0.2) is 71.3 Å². The number of nitrogens with zero attached hydrogens (tertiary/aromatic N) is 2. The molecular weight excluding hydrogens is 448 g/mol. The number of fused-ring (bicyclic) bond motifs is 3. The first-order chi connectivity index (χ1) is 16.3. The summed E-state index contributed by atoms with van der Waals surface area (Å²) in [5, 5.41) is 3.08. The first-order valence-electron chi connectivity index (χ1n) is 11.4. The highest BCUT2D eigenvalue weighted by Gasteiger charge is 2.35. The van der Waals surface area contributed by atoms with Crippen LogP contribution in [0.2, 0.25) is 0 Å². The van der Waals surface area contributed by atoms with Gasteiger partial charge in [0.15, 0.2) is 9.84 Å². The van der Waals surface area contributed by atoms with E-state index in [0.29, 0.717) is 13.0 Å². The standard InChI is InChI=1S/C27H28N2O4S/c1-28(2)22-10-7-19(8-11-22)16-29(23-13-14-34(31,32)18-23)26(30)15-21-17-33-25-12-9-20-5-3-4-6-24(20)27(21)25/h3-12,17,23H,13-16,18H2,1-2H3. The Labute approximate surface area is 199 Å². The fourth-order valence-electron chi connectivity index (χ4n) is 4.81. The van der Waals surface area contributed by atoms with Crippen molar-refractivity contribution in [1.29, 1.82) is 0 Å². The van der Waals surface area contributed by atoms with Crippen LogP contribution >= 0.6 is 0 Å². The van der Waals surface area contributed by atoms with Crippen molar-refractivity contribution < 1.29 is 17.6 Å². The molecule has 1 aliphatic heterocycles. The van der Waals surface area contributed by atoms with E-state index < -0.39 is 9.84 Å². The van der Waals surface area contributed by atoms with Gasteiger partial charge in [0, 0.05) is 43.3 Å². The van der Waals surface area contributed by atoms with E-state index in [0.717, 1.165) is 38.6 Å². The molecule has 3 aromatic carbocycles. The highest BCUT2D eigenvalue weighted by Crippen LogP contribution is 2.31. The Kier molecular flexibility index (Phi) is 5.81. The molecule has 0 saturated carbocycles. The molecule has 0 bridgehead atoms. The van der Waals surface area contributed by atoms with E-state index in [1.807, 2.05) is 79.7 Å². The fraction of sp³-hybridized carbons (Fsp3) is 0.296. The molecule has 1 amide bonds. The Morgan fingerprint density at radius 2 is 1.79 bits per heavy atom. The smallest absolute Gasteiger partial charge is 0.227 e. The van der Waals surface area contributed by atoms with Crippen LogP contribution in [-0.4, -0.2) is 50.9 Å². The van der Waals surface area contributed by atoms with Crippen molar-refractivity contribution >= 4 is 43.2 Å². The Morgan fingerprint density at radius 1 is 1.03 bits per heavy atom. The van der Waals surface area contributed by atoms with E-state index in [2.05, 4.69) is 0 Å². The number of amides is 1. The number of hydrogen-bond acceptors (Lipinski definition) is 5. The number of rotatable bonds is 6. The third-order valence-corrected chi connectivity index (χ3v) is 8.41. The number of carbonyl (C=O) groups is 1. The molecule has 5 rings (SSSR count). The van der Waals surface area contributed by atoms with Crippen LogP contribution in [0, 0.1) is 0 Å². The molecule has 6 nitrogen and oxygen atoms in total. The van der Waals surface area contributed by atoms with Crippen molar-refractivity contribution in [3.8, 4) is 0 Å². The molecule has 1 unspecified atom stereocenters. The van der Waals surface area contributed by atoms with Crippen LogP contribution in [0.1, 0.15) is 17.5 Å². The molecule has 1 saturated heterocycles. The number of furan rings is 1. The molecule has 2 heterocycles. The van der Waals surface area contributed by atoms with E-state index in [1.165, 1.54) is 0 Å². The minimum Gasteiger partial charge on any atom is -0.464 e. The second kappa shape index (κ2) is 8.80. The highest BCUT2D eigenvalue weighted by molar-refractivity contribution is 7.91. The molecule has 0 radical (unpaired) electrons. The zero-order valence-electron chi connectivity index (χ0n) is 19.4. The summed E-state index contributed by atoms with van der Waals surface area (Å²) >= 11 is 0. The topological polar surface area (TPSA) is 70.8 Å². The van der Waals surface area contributed by atoms with Gasteiger partial charge in [0.05, 0.1) is 24.2 Å². The van der Waals surface area contributed by atoms with Crippen molar-refractivity contribution in [3.63, 3.8) is 0 Å². The second-order valence-corrected chi connectivity index (χ2v) is 11.5. The molecular formula is C27H28N2O4S. The van der Waals surface area contributed by atoms with Crippen LogP contribution in [0.4, 0.5) is 5.69 Å². The van der Waals surface area contributed by atoms with Gasteiger partial charge < -0.3 is 14.2 Å². The van der Waals surface area contributed by atoms with Gasteiger partial charge in [-0.15, -0.1) is 0 Å². The van der Waals surface area contributed by atoms with Crippen molar-refractivity contribution in [3.05, 3.63) is 78.1 Å². The molecule has 1 aromatic heterocycles. The lowest BCUT2D eigenvalue weighted by Crippen LogP contribution is -2.41. The zero-order chi connectivity index (χ0) is 23.9.